The van der Waals surface area contributed by atoms with Gasteiger partial charge < -0.3 is 4.90 Å². The second-order valence-electron chi connectivity index (χ2n) is 4.50. The number of hydrogen-bond donors (Lipinski definition) is 0. The zero-order valence-electron chi connectivity index (χ0n) is 8.16. The maximum atomic E-state index is 11.8. The molecule has 0 atom stereocenters. The molecule has 0 aromatic rings. The molecule has 0 saturated carbocycles. The predicted octanol–water partition coefficient (Wildman–Crippen LogP) is 0.514. The molecule has 0 unspecified atom stereocenters. The van der Waals surface area contributed by atoms with Crippen molar-refractivity contribution in [2.45, 2.75) is 30.8 Å². The van der Waals surface area contributed by atoms with Gasteiger partial charge in [0.2, 0.25) is 0 Å². The van der Waals surface area contributed by atoms with Crippen LogP contribution in [0.2, 0.25) is 0 Å². The Balaban J connectivity index is 2.75. The van der Waals surface area contributed by atoms with Crippen LogP contribution < -0.4 is 0 Å². The van der Waals surface area contributed by atoms with E-state index >= 15 is 0 Å². The van der Waals surface area contributed by atoms with Crippen LogP contribution in [0.1, 0.15) is 20.8 Å². The molecule has 1 fully saturated rings. The lowest BCUT2D eigenvalue weighted by Gasteiger charge is -2.39. The van der Waals surface area contributed by atoms with Crippen molar-refractivity contribution in [2.24, 2.45) is 0 Å². The van der Waals surface area contributed by atoms with E-state index < -0.39 is 14.6 Å². The molecule has 0 amide bonds. The van der Waals surface area contributed by atoms with Gasteiger partial charge in [0, 0.05) is 13.1 Å². The molecule has 0 bridgehead atoms. The van der Waals surface area contributed by atoms with Crippen LogP contribution >= 0.6 is 0 Å². The largest absolute Gasteiger partial charge is 0.304 e. The normalized spacial score (nSPS) is 22.3. The van der Waals surface area contributed by atoms with Gasteiger partial charge in [0.25, 0.3) is 0 Å². The van der Waals surface area contributed by atoms with Gasteiger partial charge in [0.05, 0.1) is 10.00 Å². The summed E-state index contributed by atoms with van der Waals surface area (Å²) in [6.07, 6.45) is 0. The lowest BCUT2D eigenvalue weighted by molar-refractivity contribution is 0.230. The van der Waals surface area contributed by atoms with Crippen molar-refractivity contribution in [3.05, 3.63) is 0 Å². The SMILES string of the molecule is CN1CC(S(=O)(=O)C(C)(C)C)C1. The van der Waals surface area contributed by atoms with Crippen LogP contribution in [-0.4, -0.2) is 43.5 Å². The summed E-state index contributed by atoms with van der Waals surface area (Å²) in [5, 5.41) is -0.137. The van der Waals surface area contributed by atoms with Crippen LogP contribution in [0.15, 0.2) is 0 Å². The van der Waals surface area contributed by atoms with Gasteiger partial charge in [0.15, 0.2) is 9.84 Å². The summed E-state index contributed by atoms with van der Waals surface area (Å²) >= 11 is 0. The second kappa shape index (κ2) is 2.70. The Bertz CT molecular complexity index is 257. The van der Waals surface area contributed by atoms with Gasteiger partial charge in [-0.15, -0.1) is 0 Å². The Morgan fingerprint density at radius 2 is 1.67 bits per heavy atom. The molecular formula is C8H17NO2S. The van der Waals surface area contributed by atoms with Gasteiger partial charge in [-0.05, 0) is 27.8 Å². The number of sulfone groups is 1. The van der Waals surface area contributed by atoms with Gasteiger partial charge in [-0.2, -0.15) is 0 Å². The summed E-state index contributed by atoms with van der Waals surface area (Å²) in [6.45, 7) is 6.68. The van der Waals surface area contributed by atoms with Gasteiger partial charge >= 0.3 is 0 Å². The van der Waals surface area contributed by atoms with E-state index in [0.717, 1.165) is 0 Å². The molecule has 4 heteroatoms. The maximum Gasteiger partial charge on any atom is 0.160 e. The fourth-order valence-corrected chi connectivity index (χ4v) is 3.24. The molecule has 0 N–H and O–H groups in total. The minimum absolute atomic E-state index is 0.137. The van der Waals surface area contributed by atoms with Gasteiger partial charge in [0.1, 0.15) is 0 Å². The van der Waals surface area contributed by atoms with Crippen molar-refractivity contribution in [1.82, 2.24) is 4.90 Å². The number of likely N-dealkylation sites (tertiary alicyclic amines) is 1. The maximum absolute atomic E-state index is 11.8. The molecule has 0 aromatic carbocycles. The average Bonchev–Trinajstić information content (AvgIpc) is 1.78. The monoisotopic (exact) mass is 191 g/mol. The molecule has 0 spiro atoms. The van der Waals surface area contributed by atoms with Gasteiger partial charge in [-0.1, -0.05) is 0 Å². The lowest BCUT2D eigenvalue weighted by Crippen LogP contribution is -2.56. The minimum atomic E-state index is -2.91. The molecular weight excluding hydrogens is 174 g/mol. The van der Waals surface area contributed by atoms with E-state index in [1.807, 2.05) is 11.9 Å². The first-order valence-corrected chi connectivity index (χ1v) is 5.72. The Morgan fingerprint density at radius 1 is 1.25 bits per heavy atom. The van der Waals surface area contributed by atoms with Gasteiger partial charge in [-0.3, -0.25) is 0 Å². The highest BCUT2D eigenvalue weighted by Crippen LogP contribution is 2.25. The molecule has 0 radical (unpaired) electrons. The molecule has 1 rings (SSSR count). The summed E-state index contributed by atoms with van der Waals surface area (Å²) < 4.78 is 22.9. The molecule has 0 aliphatic carbocycles. The fraction of sp³-hybridized carbons (Fsp3) is 1.00. The molecule has 1 aliphatic heterocycles. The van der Waals surface area contributed by atoms with E-state index in [1.54, 1.807) is 20.8 Å². The van der Waals surface area contributed by atoms with E-state index in [-0.39, 0.29) is 5.25 Å². The van der Waals surface area contributed by atoms with Crippen molar-refractivity contribution in [1.29, 1.82) is 0 Å². The first-order valence-electron chi connectivity index (χ1n) is 4.17. The molecule has 1 aliphatic rings. The third-order valence-electron chi connectivity index (χ3n) is 2.32. The van der Waals surface area contributed by atoms with Crippen molar-refractivity contribution < 1.29 is 8.42 Å². The summed E-state index contributed by atoms with van der Waals surface area (Å²) in [7, 11) is -0.975. The molecule has 1 saturated heterocycles. The zero-order valence-corrected chi connectivity index (χ0v) is 8.98. The molecule has 12 heavy (non-hydrogen) atoms. The Labute approximate surface area is 74.7 Å². The first kappa shape index (κ1) is 9.99. The highest BCUT2D eigenvalue weighted by Gasteiger charge is 2.42. The molecule has 72 valence electrons. The van der Waals surface area contributed by atoms with Crippen LogP contribution in [-0.2, 0) is 9.84 Å². The Kier molecular flexibility index (Phi) is 2.25. The van der Waals surface area contributed by atoms with Crippen LogP contribution in [0.25, 0.3) is 0 Å². The summed E-state index contributed by atoms with van der Waals surface area (Å²) in [4.78, 5) is 2.02. The van der Waals surface area contributed by atoms with Crippen molar-refractivity contribution in [2.75, 3.05) is 20.1 Å². The number of rotatable bonds is 1. The van der Waals surface area contributed by atoms with Crippen LogP contribution in [0.4, 0.5) is 0 Å². The average molecular weight is 191 g/mol. The van der Waals surface area contributed by atoms with E-state index in [2.05, 4.69) is 0 Å². The molecule has 1 heterocycles. The smallest absolute Gasteiger partial charge is 0.160 e. The van der Waals surface area contributed by atoms with E-state index in [9.17, 15) is 8.42 Å². The van der Waals surface area contributed by atoms with E-state index in [4.69, 9.17) is 0 Å². The van der Waals surface area contributed by atoms with Crippen LogP contribution in [0.5, 0.6) is 0 Å². The van der Waals surface area contributed by atoms with E-state index in [0.29, 0.717) is 13.1 Å². The summed E-state index contributed by atoms with van der Waals surface area (Å²) in [5.74, 6) is 0. The minimum Gasteiger partial charge on any atom is -0.304 e. The lowest BCUT2D eigenvalue weighted by atomic mass is 10.2. The van der Waals surface area contributed by atoms with Crippen LogP contribution in [0.3, 0.4) is 0 Å². The van der Waals surface area contributed by atoms with Crippen molar-refractivity contribution in [3.63, 3.8) is 0 Å². The molecule has 0 aromatic heterocycles. The molecule has 3 nitrogen and oxygen atoms in total. The third-order valence-corrected chi connectivity index (χ3v) is 5.21. The predicted molar refractivity (Wildman–Crippen MR) is 50.0 cm³/mol. The summed E-state index contributed by atoms with van der Waals surface area (Å²) in [5.41, 5.74) is 0. The number of nitrogens with zero attached hydrogens (tertiary/aromatic N) is 1. The quantitative estimate of drug-likeness (QED) is 0.606. The Morgan fingerprint density at radius 3 is 1.92 bits per heavy atom. The van der Waals surface area contributed by atoms with Crippen LogP contribution in [0, 0.1) is 0 Å². The standard InChI is InChI=1S/C8H17NO2S/c1-8(2,3)12(10,11)7-5-9(4)6-7/h7H,5-6H2,1-4H3. The number of hydrogen-bond acceptors (Lipinski definition) is 3. The fourth-order valence-electron chi connectivity index (χ4n) is 1.34. The highest BCUT2D eigenvalue weighted by atomic mass is 32.2. The third kappa shape index (κ3) is 1.50. The zero-order chi connectivity index (χ0) is 9.57. The Hall–Kier alpha value is -0.0900. The highest BCUT2D eigenvalue weighted by molar-refractivity contribution is 7.93. The van der Waals surface area contributed by atoms with Crippen molar-refractivity contribution >= 4 is 9.84 Å². The first-order chi connectivity index (χ1) is 5.25. The van der Waals surface area contributed by atoms with E-state index in [1.165, 1.54) is 0 Å². The summed E-state index contributed by atoms with van der Waals surface area (Å²) in [6, 6.07) is 0. The second-order valence-corrected chi connectivity index (χ2v) is 7.48. The van der Waals surface area contributed by atoms with Gasteiger partial charge in [-0.25, -0.2) is 8.42 Å². The van der Waals surface area contributed by atoms with Crippen molar-refractivity contribution in [3.8, 4) is 0 Å². The topological polar surface area (TPSA) is 37.4 Å².